The average molecular weight is 262 g/mol. The number of benzene rings is 1. The van der Waals surface area contributed by atoms with Gasteiger partial charge >= 0.3 is 5.97 Å². The van der Waals surface area contributed by atoms with Gasteiger partial charge in [-0.15, -0.1) is 0 Å². The molecule has 0 bridgehead atoms. The molecule has 0 aromatic heterocycles. The van der Waals surface area contributed by atoms with Crippen LogP contribution in [-0.4, -0.2) is 25.7 Å². The molecule has 2 rings (SSSR count). The molecular formula is C15H22N2O2. The Morgan fingerprint density at radius 1 is 1.53 bits per heavy atom. The molecule has 19 heavy (non-hydrogen) atoms. The summed E-state index contributed by atoms with van der Waals surface area (Å²) >= 11 is 0. The molecule has 1 aliphatic heterocycles. The zero-order valence-corrected chi connectivity index (χ0v) is 11.7. The van der Waals surface area contributed by atoms with Crippen LogP contribution in [0, 0.1) is 5.92 Å². The molecule has 0 aliphatic carbocycles. The van der Waals surface area contributed by atoms with Gasteiger partial charge in [-0.1, -0.05) is 13.0 Å². The highest BCUT2D eigenvalue weighted by molar-refractivity contribution is 5.73. The maximum atomic E-state index is 11.7. The summed E-state index contributed by atoms with van der Waals surface area (Å²) < 4.78 is 5.07. The van der Waals surface area contributed by atoms with Gasteiger partial charge in [0.1, 0.15) is 0 Å². The van der Waals surface area contributed by atoms with Crippen molar-refractivity contribution in [2.45, 2.75) is 26.7 Å². The Kier molecular flexibility index (Phi) is 4.30. The number of fused-ring (bicyclic) bond motifs is 1. The fourth-order valence-electron chi connectivity index (χ4n) is 2.61. The van der Waals surface area contributed by atoms with E-state index >= 15 is 0 Å². The van der Waals surface area contributed by atoms with Crippen LogP contribution >= 0.6 is 0 Å². The fourth-order valence-corrected chi connectivity index (χ4v) is 2.61. The molecule has 0 radical (unpaired) electrons. The molecular weight excluding hydrogens is 240 g/mol. The Balaban J connectivity index is 2.11. The molecule has 4 heteroatoms. The van der Waals surface area contributed by atoms with Crippen molar-refractivity contribution in [3.8, 4) is 0 Å². The number of nitrogens with zero attached hydrogens (tertiary/aromatic N) is 1. The lowest BCUT2D eigenvalue weighted by atomic mass is 9.98. The number of hydrogen-bond donors (Lipinski definition) is 1. The summed E-state index contributed by atoms with van der Waals surface area (Å²) in [4.78, 5) is 14.0. The van der Waals surface area contributed by atoms with Crippen LogP contribution in [0.3, 0.4) is 0 Å². The van der Waals surface area contributed by atoms with Crippen molar-refractivity contribution in [1.29, 1.82) is 0 Å². The largest absolute Gasteiger partial charge is 0.466 e. The summed E-state index contributed by atoms with van der Waals surface area (Å²) in [6.07, 6.45) is 2.10. The normalized spacial score (nSPS) is 15.8. The molecule has 1 aromatic carbocycles. The third-order valence-corrected chi connectivity index (χ3v) is 3.57. The van der Waals surface area contributed by atoms with Crippen molar-refractivity contribution >= 4 is 17.3 Å². The highest BCUT2D eigenvalue weighted by Gasteiger charge is 2.23. The molecule has 4 nitrogen and oxygen atoms in total. The Morgan fingerprint density at radius 2 is 2.32 bits per heavy atom. The number of rotatable bonds is 4. The first-order valence-electron chi connectivity index (χ1n) is 6.92. The Bertz CT molecular complexity index is 459. The number of nitrogen functional groups attached to an aromatic ring is 1. The number of carbonyl (C=O) groups excluding carboxylic acids is 1. The van der Waals surface area contributed by atoms with Crippen molar-refractivity contribution in [2.24, 2.45) is 5.92 Å². The van der Waals surface area contributed by atoms with Crippen molar-refractivity contribution in [3.05, 3.63) is 23.8 Å². The summed E-state index contributed by atoms with van der Waals surface area (Å²) in [6.45, 7) is 5.85. The van der Waals surface area contributed by atoms with Gasteiger partial charge in [-0.05, 0) is 37.5 Å². The van der Waals surface area contributed by atoms with Gasteiger partial charge in [0.2, 0.25) is 0 Å². The van der Waals surface area contributed by atoms with Crippen LogP contribution in [0.1, 0.15) is 25.8 Å². The van der Waals surface area contributed by atoms with E-state index in [1.807, 2.05) is 26.0 Å². The fraction of sp³-hybridized carbons (Fsp3) is 0.533. The summed E-state index contributed by atoms with van der Waals surface area (Å²) in [5, 5.41) is 0. The SMILES string of the molecule is CCOC(=O)C(C)CN1CCCc2c(N)cccc21. The third-order valence-electron chi connectivity index (χ3n) is 3.57. The lowest BCUT2D eigenvalue weighted by Gasteiger charge is -2.33. The Morgan fingerprint density at radius 3 is 3.05 bits per heavy atom. The van der Waals surface area contributed by atoms with Gasteiger partial charge < -0.3 is 15.4 Å². The lowest BCUT2D eigenvalue weighted by molar-refractivity contribution is -0.147. The Labute approximate surface area is 114 Å². The van der Waals surface area contributed by atoms with E-state index < -0.39 is 0 Å². The van der Waals surface area contributed by atoms with Crippen LogP contribution in [0.15, 0.2) is 18.2 Å². The first kappa shape index (κ1) is 13.7. The van der Waals surface area contributed by atoms with E-state index in [4.69, 9.17) is 10.5 Å². The topological polar surface area (TPSA) is 55.6 Å². The van der Waals surface area contributed by atoms with E-state index in [-0.39, 0.29) is 11.9 Å². The van der Waals surface area contributed by atoms with Gasteiger partial charge in [0, 0.05) is 24.5 Å². The average Bonchev–Trinajstić information content (AvgIpc) is 2.40. The van der Waals surface area contributed by atoms with Crippen LogP contribution in [0.25, 0.3) is 0 Å². The molecule has 104 valence electrons. The molecule has 0 fully saturated rings. The summed E-state index contributed by atoms with van der Waals surface area (Å²) in [7, 11) is 0. The van der Waals surface area contributed by atoms with E-state index in [1.54, 1.807) is 0 Å². The van der Waals surface area contributed by atoms with Gasteiger partial charge in [0.25, 0.3) is 0 Å². The second-order valence-corrected chi connectivity index (χ2v) is 5.05. The summed E-state index contributed by atoms with van der Waals surface area (Å²) in [6, 6.07) is 6.00. The quantitative estimate of drug-likeness (QED) is 0.667. The minimum atomic E-state index is -0.126. The maximum absolute atomic E-state index is 11.7. The lowest BCUT2D eigenvalue weighted by Crippen LogP contribution is -2.36. The zero-order chi connectivity index (χ0) is 13.8. The molecule has 1 aromatic rings. The smallest absolute Gasteiger partial charge is 0.310 e. The molecule has 0 saturated heterocycles. The van der Waals surface area contributed by atoms with Gasteiger partial charge in [0.15, 0.2) is 0 Å². The zero-order valence-electron chi connectivity index (χ0n) is 11.7. The molecule has 1 atom stereocenters. The van der Waals surface area contributed by atoms with Gasteiger partial charge in [-0.2, -0.15) is 0 Å². The van der Waals surface area contributed by atoms with Gasteiger partial charge in [-0.25, -0.2) is 0 Å². The summed E-state index contributed by atoms with van der Waals surface area (Å²) in [5.74, 6) is -0.245. The number of anilines is 2. The number of esters is 1. The highest BCUT2D eigenvalue weighted by Crippen LogP contribution is 2.31. The molecule has 1 aliphatic rings. The molecule has 1 unspecified atom stereocenters. The third kappa shape index (κ3) is 3.00. The van der Waals surface area contributed by atoms with Gasteiger partial charge in [-0.3, -0.25) is 4.79 Å². The minimum absolute atomic E-state index is 0.118. The van der Waals surface area contributed by atoms with Crippen molar-refractivity contribution in [3.63, 3.8) is 0 Å². The first-order chi connectivity index (χ1) is 9.13. The van der Waals surface area contributed by atoms with Crippen LogP contribution in [0.2, 0.25) is 0 Å². The number of carbonyl (C=O) groups is 1. The van der Waals surface area contributed by atoms with Crippen LogP contribution in [0.4, 0.5) is 11.4 Å². The van der Waals surface area contributed by atoms with Crippen molar-refractivity contribution in [2.75, 3.05) is 30.3 Å². The van der Waals surface area contributed by atoms with Crippen LogP contribution in [-0.2, 0) is 16.0 Å². The van der Waals surface area contributed by atoms with E-state index in [9.17, 15) is 4.79 Å². The van der Waals surface area contributed by atoms with E-state index in [0.717, 1.165) is 25.1 Å². The minimum Gasteiger partial charge on any atom is -0.466 e. The van der Waals surface area contributed by atoms with E-state index in [0.29, 0.717) is 13.2 Å². The predicted octanol–water partition coefficient (Wildman–Crippen LogP) is 2.22. The highest BCUT2D eigenvalue weighted by atomic mass is 16.5. The number of ether oxygens (including phenoxy) is 1. The summed E-state index contributed by atoms with van der Waals surface area (Å²) in [5.41, 5.74) is 9.26. The molecule has 0 spiro atoms. The van der Waals surface area contributed by atoms with Gasteiger partial charge in [0.05, 0.1) is 12.5 Å². The number of nitrogens with two attached hydrogens (primary N) is 1. The Hall–Kier alpha value is -1.71. The standard InChI is InChI=1S/C15H22N2O2/c1-3-19-15(18)11(2)10-17-9-5-6-12-13(16)7-4-8-14(12)17/h4,7-8,11H,3,5-6,9-10,16H2,1-2H3. The van der Waals surface area contributed by atoms with Crippen molar-refractivity contribution < 1.29 is 9.53 Å². The molecule has 1 heterocycles. The second-order valence-electron chi connectivity index (χ2n) is 5.05. The second kappa shape index (κ2) is 5.95. The first-order valence-corrected chi connectivity index (χ1v) is 6.92. The molecule has 0 amide bonds. The maximum Gasteiger partial charge on any atom is 0.310 e. The number of hydrogen-bond acceptors (Lipinski definition) is 4. The van der Waals surface area contributed by atoms with E-state index in [2.05, 4.69) is 11.0 Å². The predicted molar refractivity (Wildman–Crippen MR) is 77.2 cm³/mol. The molecule has 2 N–H and O–H groups in total. The van der Waals surface area contributed by atoms with Crippen LogP contribution in [0.5, 0.6) is 0 Å². The van der Waals surface area contributed by atoms with E-state index in [1.165, 1.54) is 11.3 Å². The monoisotopic (exact) mass is 262 g/mol. The van der Waals surface area contributed by atoms with Crippen molar-refractivity contribution in [1.82, 2.24) is 0 Å². The van der Waals surface area contributed by atoms with Crippen LogP contribution < -0.4 is 10.6 Å². The molecule has 0 saturated carbocycles.